The molecule has 3 aromatic rings. The average molecular weight is 480 g/mol. The van der Waals surface area contributed by atoms with Gasteiger partial charge in [0.2, 0.25) is 0 Å². The van der Waals surface area contributed by atoms with Crippen LogP contribution in [-0.2, 0) is 11.3 Å². The number of rotatable bonds is 8. The lowest BCUT2D eigenvalue weighted by atomic mass is 9.96. The monoisotopic (exact) mass is 479 g/mol. The van der Waals surface area contributed by atoms with Crippen molar-refractivity contribution in [3.63, 3.8) is 0 Å². The highest BCUT2D eigenvalue weighted by Gasteiger charge is 2.41. The highest BCUT2D eigenvalue weighted by molar-refractivity contribution is 7.80. The molecule has 2 fully saturated rings. The van der Waals surface area contributed by atoms with Crippen molar-refractivity contribution >= 4 is 17.3 Å². The van der Waals surface area contributed by atoms with Crippen LogP contribution in [0.5, 0.6) is 0 Å². The first-order valence-corrected chi connectivity index (χ1v) is 12.5. The Bertz CT molecular complexity index is 1090. The third-order valence-electron chi connectivity index (χ3n) is 7.00. The van der Waals surface area contributed by atoms with Crippen molar-refractivity contribution in [3.8, 4) is 0 Å². The Morgan fingerprint density at radius 3 is 2.71 bits per heavy atom. The van der Waals surface area contributed by atoms with Crippen molar-refractivity contribution in [1.82, 2.24) is 24.7 Å². The molecule has 2 atom stereocenters. The number of nitrogens with zero attached hydrogens (tertiary/aromatic N) is 4. The quantitative estimate of drug-likeness (QED) is 0.493. The predicted molar refractivity (Wildman–Crippen MR) is 136 cm³/mol. The fourth-order valence-electron chi connectivity index (χ4n) is 5.20. The third kappa shape index (κ3) is 4.76. The molecule has 3 aromatic heterocycles. The summed E-state index contributed by atoms with van der Waals surface area (Å²) in [5.41, 5.74) is 4.76. The highest BCUT2D eigenvalue weighted by atomic mass is 32.1. The van der Waals surface area contributed by atoms with E-state index >= 15 is 0 Å². The molecule has 5 heterocycles. The van der Waals surface area contributed by atoms with Gasteiger partial charge in [0.05, 0.1) is 43.8 Å². The molecule has 8 heteroatoms. The minimum absolute atomic E-state index is 0.00893. The van der Waals surface area contributed by atoms with Gasteiger partial charge in [0.1, 0.15) is 5.76 Å². The summed E-state index contributed by atoms with van der Waals surface area (Å²) >= 11 is 5.87. The fourth-order valence-corrected chi connectivity index (χ4v) is 5.53. The summed E-state index contributed by atoms with van der Waals surface area (Å²) in [6, 6.07) is 12.5. The smallest absolute Gasteiger partial charge is 0.170 e. The molecule has 0 amide bonds. The molecule has 34 heavy (non-hydrogen) atoms. The van der Waals surface area contributed by atoms with Crippen molar-refractivity contribution in [1.29, 1.82) is 0 Å². The number of morpholine rings is 1. The SMILES string of the molecule is Cc1cc([C@@H]2[C@@H](c3ccccn3)NC(=S)N2CCCN2CCOCC2)c(C)n1Cc1ccco1. The predicted octanol–water partition coefficient (Wildman–Crippen LogP) is 3.84. The van der Waals surface area contributed by atoms with Gasteiger partial charge in [0, 0.05) is 43.8 Å². The molecule has 180 valence electrons. The maximum Gasteiger partial charge on any atom is 0.170 e. The van der Waals surface area contributed by atoms with Crippen LogP contribution in [0.1, 0.15) is 46.9 Å². The Labute approximate surface area is 206 Å². The second kappa shape index (κ2) is 10.3. The fraction of sp³-hybridized carbons (Fsp3) is 0.462. The van der Waals surface area contributed by atoms with Gasteiger partial charge in [-0.25, -0.2) is 0 Å². The third-order valence-corrected chi connectivity index (χ3v) is 7.35. The van der Waals surface area contributed by atoms with Crippen LogP contribution in [0, 0.1) is 13.8 Å². The molecule has 2 aliphatic heterocycles. The van der Waals surface area contributed by atoms with Crippen LogP contribution in [0.25, 0.3) is 0 Å². The lowest BCUT2D eigenvalue weighted by Crippen LogP contribution is -2.39. The van der Waals surface area contributed by atoms with E-state index in [1.54, 1.807) is 6.26 Å². The van der Waals surface area contributed by atoms with Crippen LogP contribution in [-0.4, -0.2) is 63.9 Å². The zero-order valence-corrected chi connectivity index (χ0v) is 20.8. The topological polar surface area (TPSA) is 58.7 Å². The van der Waals surface area contributed by atoms with E-state index in [2.05, 4.69) is 50.6 Å². The Kier molecular flexibility index (Phi) is 6.99. The molecule has 0 spiro atoms. The Morgan fingerprint density at radius 1 is 1.12 bits per heavy atom. The molecule has 1 N–H and O–H groups in total. The van der Waals surface area contributed by atoms with Gasteiger partial charge in [-0.05, 0) is 68.4 Å². The minimum atomic E-state index is 0.00893. The molecule has 2 aliphatic rings. The number of aromatic nitrogens is 2. The van der Waals surface area contributed by atoms with Crippen LogP contribution < -0.4 is 5.32 Å². The number of furan rings is 1. The molecule has 5 rings (SSSR count). The van der Waals surface area contributed by atoms with E-state index in [9.17, 15) is 0 Å². The van der Waals surface area contributed by atoms with Crippen molar-refractivity contribution in [2.24, 2.45) is 0 Å². The second-order valence-electron chi connectivity index (χ2n) is 9.12. The largest absolute Gasteiger partial charge is 0.467 e. The van der Waals surface area contributed by atoms with Gasteiger partial charge in [-0.2, -0.15) is 0 Å². The van der Waals surface area contributed by atoms with E-state index in [4.69, 9.17) is 21.4 Å². The molecular formula is C26H33N5O2S. The van der Waals surface area contributed by atoms with Gasteiger partial charge in [-0.15, -0.1) is 0 Å². The molecule has 0 aliphatic carbocycles. The molecule has 2 saturated heterocycles. The average Bonchev–Trinajstić information content (AvgIpc) is 3.56. The van der Waals surface area contributed by atoms with Crippen LogP contribution in [0.2, 0.25) is 0 Å². The first-order valence-electron chi connectivity index (χ1n) is 12.1. The standard InChI is InChI=1S/C26H33N5O2S/c1-19-17-22(20(2)31(19)18-21-7-5-14-33-21)25-24(23-8-3-4-9-27-23)28-26(34)30(25)11-6-10-29-12-15-32-16-13-29/h3-5,7-9,14,17,24-25H,6,10-13,15-16,18H2,1-2H3,(H,28,34)/t24-,25-/m1/s1. The molecule has 7 nitrogen and oxygen atoms in total. The zero-order chi connectivity index (χ0) is 23.5. The van der Waals surface area contributed by atoms with Gasteiger partial charge in [0.25, 0.3) is 0 Å². The Morgan fingerprint density at radius 2 is 1.97 bits per heavy atom. The lowest BCUT2D eigenvalue weighted by molar-refractivity contribution is 0.0365. The normalized spacial score (nSPS) is 21.2. The van der Waals surface area contributed by atoms with Crippen molar-refractivity contribution in [3.05, 3.63) is 77.3 Å². The van der Waals surface area contributed by atoms with E-state index in [0.717, 1.165) is 68.9 Å². The molecule has 0 unspecified atom stereocenters. The summed E-state index contributed by atoms with van der Waals surface area (Å²) < 4.78 is 13.5. The number of thiocarbonyl (C=S) groups is 1. The maximum atomic E-state index is 5.87. The summed E-state index contributed by atoms with van der Waals surface area (Å²) in [5, 5.41) is 4.40. The molecule has 0 bridgehead atoms. The number of pyridine rings is 1. The number of hydrogen-bond acceptors (Lipinski definition) is 5. The number of aryl methyl sites for hydroxylation is 1. The van der Waals surface area contributed by atoms with Crippen LogP contribution in [0.15, 0.2) is 53.3 Å². The number of nitrogens with one attached hydrogen (secondary N) is 1. The zero-order valence-electron chi connectivity index (χ0n) is 19.9. The van der Waals surface area contributed by atoms with Gasteiger partial charge in [0.15, 0.2) is 5.11 Å². The van der Waals surface area contributed by atoms with Gasteiger partial charge in [-0.3, -0.25) is 9.88 Å². The van der Waals surface area contributed by atoms with Crippen LogP contribution in [0.3, 0.4) is 0 Å². The number of ether oxygens (including phenoxy) is 1. The molecule has 0 aromatic carbocycles. The maximum absolute atomic E-state index is 5.87. The number of hydrogen-bond donors (Lipinski definition) is 1. The summed E-state index contributed by atoms with van der Waals surface area (Å²) in [4.78, 5) is 9.54. The first kappa shape index (κ1) is 23.1. The summed E-state index contributed by atoms with van der Waals surface area (Å²) in [6.07, 6.45) is 4.65. The van der Waals surface area contributed by atoms with E-state index in [-0.39, 0.29) is 12.1 Å². The molecule has 0 radical (unpaired) electrons. The van der Waals surface area contributed by atoms with Crippen molar-refractivity contribution < 1.29 is 9.15 Å². The van der Waals surface area contributed by atoms with Crippen LogP contribution >= 0.6 is 12.2 Å². The van der Waals surface area contributed by atoms with E-state index < -0.39 is 0 Å². The van der Waals surface area contributed by atoms with Crippen LogP contribution in [0.4, 0.5) is 0 Å². The molecule has 0 saturated carbocycles. The summed E-state index contributed by atoms with van der Waals surface area (Å²) in [6.45, 7) is 10.7. The Hall–Kier alpha value is -2.68. The van der Waals surface area contributed by atoms with Gasteiger partial charge in [-0.1, -0.05) is 6.07 Å². The van der Waals surface area contributed by atoms with Crippen molar-refractivity contribution in [2.45, 2.75) is 38.9 Å². The first-order chi connectivity index (χ1) is 16.6. The molecular weight excluding hydrogens is 446 g/mol. The highest BCUT2D eigenvalue weighted by Crippen LogP contribution is 2.41. The Balaban J connectivity index is 1.42. The second-order valence-corrected chi connectivity index (χ2v) is 9.51. The van der Waals surface area contributed by atoms with Crippen molar-refractivity contribution in [2.75, 3.05) is 39.4 Å². The van der Waals surface area contributed by atoms with E-state index in [1.807, 2.05) is 30.5 Å². The minimum Gasteiger partial charge on any atom is -0.467 e. The van der Waals surface area contributed by atoms with E-state index in [1.165, 1.54) is 17.0 Å². The summed E-state index contributed by atoms with van der Waals surface area (Å²) in [7, 11) is 0. The van der Waals surface area contributed by atoms with Gasteiger partial charge >= 0.3 is 0 Å². The lowest BCUT2D eigenvalue weighted by Gasteiger charge is -2.30. The van der Waals surface area contributed by atoms with E-state index in [0.29, 0.717) is 0 Å². The van der Waals surface area contributed by atoms with Gasteiger partial charge < -0.3 is 23.9 Å². The summed E-state index contributed by atoms with van der Waals surface area (Å²) in [5.74, 6) is 0.956.